The van der Waals surface area contributed by atoms with Gasteiger partial charge in [-0.2, -0.15) is 4.31 Å². The first-order valence-corrected chi connectivity index (χ1v) is 10.9. The van der Waals surface area contributed by atoms with E-state index in [4.69, 9.17) is 4.74 Å². The number of aryl methyl sites for hydroxylation is 1. The number of amides is 1. The van der Waals surface area contributed by atoms with Crippen LogP contribution in [-0.2, 0) is 26.6 Å². The molecule has 3 rings (SSSR count). The van der Waals surface area contributed by atoms with Gasteiger partial charge in [0.05, 0.1) is 6.61 Å². The molecule has 1 aromatic heterocycles. The summed E-state index contributed by atoms with van der Waals surface area (Å²) in [4.78, 5) is 24.6. The molecule has 0 radical (unpaired) electrons. The van der Waals surface area contributed by atoms with Gasteiger partial charge in [-0.3, -0.25) is 4.79 Å². The molecule has 2 aliphatic rings. The maximum absolute atomic E-state index is 13.1. The maximum Gasteiger partial charge on any atom is 0.354 e. The fourth-order valence-corrected chi connectivity index (χ4v) is 5.60. The lowest BCUT2D eigenvalue weighted by atomic mass is 10.2. The molecule has 0 aromatic carbocycles. The number of aromatic nitrogens is 1. The van der Waals surface area contributed by atoms with Gasteiger partial charge in [-0.1, -0.05) is 12.8 Å². The zero-order valence-corrected chi connectivity index (χ0v) is 16.6. The second-order valence-corrected chi connectivity index (χ2v) is 9.05. The molecule has 0 bridgehead atoms. The SMILES string of the molecule is CCOC(=O)c1cc(S(=O)(=O)N2CCCC2C(=O)NC2CCCC2)cn1C. The van der Waals surface area contributed by atoms with Crippen LogP contribution in [0.1, 0.15) is 55.9 Å². The number of hydrogen-bond acceptors (Lipinski definition) is 5. The van der Waals surface area contributed by atoms with E-state index in [0.717, 1.165) is 25.7 Å². The van der Waals surface area contributed by atoms with Gasteiger partial charge < -0.3 is 14.6 Å². The molecule has 9 heteroatoms. The topological polar surface area (TPSA) is 97.7 Å². The van der Waals surface area contributed by atoms with Gasteiger partial charge in [-0.05, 0) is 38.7 Å². The van der Waals surface area contributed by atoms with E-state index in [1.807, 2.05) is 0 Å². The summed E-state index contributed by atoms with van der Waals surface area (Å²) >= 11 is 0. The number of sulfonamides is 1. The Morgan fingerprint density at radius 2 is 1.93 bits per heavy atom. The normalized spacial score (nSPS) is 21.5. The standard InChI is InChI=1S/C18H27N3O5S/c1-3-26-18(23)16-11-14(12-20(16)2)27(24,25)21-10-6-9-15(21)17(22)19-13-7-4-5-8-13/h11-13,15H,3-10H2,1-2H3,(H,19,22). The number of nitrogens with one attached hydrogen (secondary N) is 1. The van der Waals surface area contributed by atoms with Crippen LogP contribution in [0, 0.1) is 0 Å². The van der Waals surface area contributed by atoms with Crippen LogP contribution in [-0.4, -0.2) is 54.4 Å². The fourth-order valence-electron chi connectivity index (χ4n) is 3.88. The molecule has 1 unspecified atom stereocenters. The third kappa shape index (κ3) is 4.03. The van der Waals surface area contributed by atoms with Crippen LogP contribution in [0.3, 0.4) is 0 Å². The van der Waals surface area contributed by atoms with Crippen molar-refractivity contribution in [3.05, 3.63) is 18.0 Å². The average molecular weight is 397 g/mol. The molecule has 2 heterocycles. The van der Waals surface area contributed by atoms with Crippen LogP contribution >= 0.6 is 0 Å². The Labute approximate surface area is 159 Å². The highest BCUT2D eigenvalue weighted by Crippen LogP contribution is 2.28. The molecule has 1 atom stereocenters. The van der Waals surface area contributed by atoms with Gasteiger partial charge >= 0.3 is 5.97 Å². The molecule has 1 aromatic rings. The molecule has 1 N–H and O–H groups in total. The number of carbonyl (C=O) groups excluding carboxylic acids is 2. The summed E-state index contributed by atoms with van der Waals surface area (Å²) in [6.07, 6.45) is 6.64. The first-order valence-electron chi connectivity index (χ1n) is 9.50. The molecule has 2 fully saturated rings. The number of hydrogen-bond donors (Lipinski definition) is 1. The highest BCUT2D eigenvalue weighted by molar-refractivity contribution is 7.89. The average Bonchev–Trinajstić information content (AvgIpc) is 3.35. The van der Waals surface area contributed by atoms with Gasteiger partial charge in [-0.25, -0.2) is 13.2 Å². The highest BCUT2D eigenvalue weighted by Gasteiger charge is 2.40. The Kier molecular flexibility index (Phi) is 5.90. The molecule has 1 amide bonds. The lowest BCUT2D eigenvalue weighted by Gasteiger charge is -2.24. The summed E-state index contributed by atoms with van der Waals surface area (Å²) in [6, 6.07) is 0.772. The smallest absolute Gasteiger partial charge is 0.354 e. The number of rotatable bonds is 6. The molecule has 8 nitrogen and oxygen atoms in total. The summed E-state index contributed by atoms with van der Waals surface area (Å²) in [5.41, 5.74) is 0.168. The van der Waals surface area contributed by atoms with E-state index in [1.165, 1.54) is 21.1 Å². The summed E-state index contributed by atoms with van der Waals surface area (Å²) in [5.74, 6) is -0.789. The van der Waals surface area contributed by atoms with Crippen molar-refractivity contribution in [3.8, 4) is 0 Å². The van der Waals surface area contributed by atoms with Crippen LogP contribution in [0.5, 0.6) is 0 Å². The third-order valence-electron chi connectivity index (χ3n) is 5.28. The number of nitrogens with zero attached hydrogens (tertiary/aromatic N) is 2. The van der Waals surface area contributed by atoms with Gasteiger partial charge in [-0.15, -0.1) is 0 Å². The minimum atomic E-state index is -3.87. The third-order valence-corrected chi connectivity index (χ3v) is 7.15. The molecule has 150 valence electrons. The summed E-state index contributed by atoms with van der Waals surface area (Å²) in [6.45, 7) is 2.20. The fraction of sp³-hybridized carbons (Fsp3) is 0.667. The van der Waals surface area contributed by atoms with E-state index >= 15 is 0 Å². The molecule has 1 aliphatic heterocycles. The first kappa shape index (κ1) is 19.9. The molecule has 27 heavy (non-hydrogen) atoms. The van der Waals surface area contributed by atoms with E-state index in [2.05, 4.69) is 5.32 Å². The Morgan fingerprint density at radius 3 is 2.59 bits per heavy atom. The van der Waals surface area contributed by atoms with E-state index in [9.17, 15) is 18.0 Å². The number of ether oxygens (including phenoxy) is 1. The van der Waals surface area contributed by atoms with Crippen molar-refractivity contribution in [1.29, 1.82) is 0 Å². The van der Waals surface area contributed by atoms with Gasteiger partial charge in [0.1, 0.15) is 16.6 Å². The Balaban J connectivity index is 1.79. The lowest BCUT2D eigenvalue weighted by Crippen LogP contribution is -2.48. The lowest BCUT2D eigenvalue weighted by molar-refractivity contribution is -0.124. The van der Waals surface area contributed by atoms with Crippen LogP contribution < -0.4 is 5.32 Å². The van der Waals surface area contributed by atoms with Crippen LogP contribution in [0.25, 0.3) is 0 Å². The monoisotopic (exact) mass is 397 g/mol. The van der Waals surface area contributed by atoms with Gasteiger partial charge in [0, 0.05) is 25.8 Å². The Morgan fingerprint density at radius 1 is 1.22 bits per heavy atom. The number of carbonyl (C=O) groups is 2. The Bertz CT molecular complexity index is 811. The zero-order valence-electron chi connectivity index (χ0n) is 15.8. The van der Waals surface area contributed by atoms with Gasteiger partial charge in [0.2, 0.25) is 15.9 Å². The van der Waals surface area contributed by atoms with Gasteiger partial charge in [0.15, 0.2) is 0 Å². The Hall–Kier alpha value is -1.87. The second kappa shape index (κ2) is 8.02. The highest BCUT2D eigenvalue weighted by atomic mass is 32.2. The zero-order chi connectivity index (χ0) is 19.6. The van der Waals surface area contributed by atoms with Crippen molar-refractivity contribution in [2.45, 2.75) is 62.4 Å². The molecular weight excluding hydrogens is 370 g/mol. The first-order chi connectivity index (χ1) is 12.8. The molecule has 1 aliphatic carbocycles. The van der Waals surface area contributed by atoms with Crippen molar-refractivity contribution in [2.24, 2.45) is 7.05 Å². The quantitative estimate of drug-likeness (QED) is 0.732. The molecular formula is C18H27N3O5S. The van der Waals surface area contributed by atoms with Crippen LogP contribution in [0.15, 0.2) is 17.2 Å². The maximum atomic E-state index is 13.1. The summed E-state index contributed by atoms with van der Waals surface area (Å²) in [5, 5.41) is 3.00. The minimum absolute atomic E-state index is 0.00798. The van der Waals surface area contributed by atoms with Crippen molar-refractivity contribution in [3.63, 3.8) is 0 Å². The van der Waals surface area contributed by atoms with Crippen LogP contribution in [0.4, 0.5) is 0 Å². The largest absolute Gasteiger partial charge is 0.461 e. The van der Waals surface area contributed by atoms with E-state index in [1.54, 1.807) is 14.0 Å². The molecule has 1 saturated heterocycles. The summed E-state index contributed by atoms with van der Waals surface area (Å²) < 4.78 is 33.9. The number of esters is 1. The predicted octanol–water partition coefficient (Wildman–Crippen LogP) is 1.41. The van der Waals surface area contributed by atoms with Crippen molar-refractivity contribution < 1.29 is 22.7 Å². The minimum Gasteiger partial charge on any atom is -0.461 e. The van der Waals surface area contributed by atoms with E-state index in [0.29, 0.717) is 19.4 Å². The van der Waals surface area contributed by atoms with Gasteiger partial charge in [0.25, 0.3) is 0 Å². The van der Waals surface area contributed by atoms with E-state index in [-0.39, 0.29) is 29.1 Å². The molecule has 1 saturated carbocycles. The molecule has 0 spiro atoms. The predicted molar refractivity (Wildman–Crippen MR) is 98.7 cm³/mol. The second-order valence-electron chi connectivity index (χ2n) is 7.16. The van der Waals surface area contributed by atoms with Crippen molar-refractivity contribution >= 4 is 21.9 Å². The summed E-state index contributed by atoms with van der Waals surface area (Å²) in [7, 11) is -2.28. The van der Waals surface area contributed by atoms with E-state index < -0.39 is 22.0 Å². The van der Waals surface area contributed by atoms with Crippen molar-refractivity contribution in [2.75, 3.05) is 13.2 Å². The van der Waals surface area contributed by atoms with Crippen molar-refractivity contribution in [1.82, 2.24) is 14.2 Å². The van der Waals surface area contributed by atoms with Crippen LogP contribution in [0.2, 0.25) is 0 Å².